The molecule has 1 saturated carbocycles. The van der Waals surface area contributed by atoms with E-state index in [1.165, 1.54) is 0 Å². The van der Waals surface area contributed by atoms with Gasteiger partial charge in [-0.25, -0.2) is 0 Å². The van der Waals surface area contributed by atoms with Crippen molar-refractivity contribution in [2.24, 2.45) is 0 Å². The summed E-state index contributed by atoms with van der Waals surface area (Å²) in [6.07, 6.45) is 4.63. The number of amides is 2. The van der Waals surface area contributed by atoms with Crippen LogP contribution in [0.5, 0.6) is 5.75 Å². The summed E-state index contributed by atoms with van der Waals surface area (Å²) in [5.74, 6) is 0.238. The topological polar surface area (TPSA) is 58.6 Å². The molecule has 1 aliphatic rings. The van der Waals surface area contributed by atoms with Crippen LogP contribution in [0, 0.1) is 20.8 Å². The molecule has 0 saturated heterocycles. The predicted octanol–water partition coefficient (Wildman–Crippen LogP) is 6.34. The van der Waals surface area contributed by atoms with E-state index < -0.39 is 6.04 Å². The van der Waals surface area contributed by atoms with Gasteiger partial charge in [0.25, 0.3) is 5.91 Å². The molecule has 3 aromatic carbocycles. The highest BCUT2D eigenvalue weighted by Crippen LogP contribution is 2.26. The van der Waals surface area contributed by atoms with Gasteiger partial charge in [0.05, 0.1) is 0 Å². The normalized spacial score (nSPS) is 14.2. The molecule has 1 N–H and O–H groups in total. The van der Waals surface area contributed by atoms with E-state index in [4.69, 9.17) is 16.3 Å². The zero-order valence-corrected chi connectivity index (χ0v) is 23.3. The minimum atomic E-state index is -0.664. The smallest absolute Gasteiger partial charge is 0.261 e. The molecular weight excluding hydrogens is 496 g/mol. The molecule has 200 valence electrons. The van der Waals surface area contributed by atoms with E-state index in [-0.39, 0.29) is 24.5 Å². The summed E-state index contributed by atoms with van der Waals surface area (Å²) in [5, 5.41) is 3.93. The average molecular weight is 533 g/mol. The van der Waals surface area contributed by atoms with Crippen molar-refractivity contribution in [3.05, 3.63) is 99.6 Å². The summed E-state index contributed by atoms with van der Waals surface area (Å²) < 4.78 is 5.96. The molecule has 1 aliphatic carbocycles. The Morgan fingerprint density at radius 1 is 0.947 bits per heavy atom. The number of nitrogens with zero attached hydrogens (tertiary/aromatic N) is 1. The minimum absolute atomic E-state index is 0.111. The van der Waals surface area contributed by atoms with Gasteiger partial charge >= 0.3 is 0 Å². The first-order chi connectivity index (χ1) is 18.3. The van der Waals surface area contributed by atoms with Crippen LogP contribution in [0.1, 0.15) is 53.5 Å². The fraction of sp³-hybridized carbons (Fsp3) is 0.375. The number of aryl methyl sites for hydroxylation is 3. The van der Waals surface area contributed by atoms with Crippen LogP contribution < -0.4 is 10.1 Å². The van der Waals surface area contributed by atoms with Crippen LogP contribution in [0.3, 0.4) is 0 Å². The number of rotatable bonds is 10. The van der Waals surface area contributed by atoms with Gasteiger partial charge in [0.15, 0.2) is 6.61 Å². The van der Waals surface area contributed by atoms with Crippen LogP contribution in [0.15, 0.2) is 66.7 Å². The maximum atomic E-state index is 13.8. The Hall–Kier alpha value is -3.31. The number of benzene rings is 3. The fourth-order valence-electron chi connectivity index (χ4n) is 5.15. The van der Waals surface area contributed by atoms with Gasteiger partial charge in [0.1, 0.15) is 11.8 Å². The molecule has 0 spiro atoms. The van der Waals surface area contributed by atoms with Gasteiger partial charge in [-0.2, -0.15) is 0 Å². The molecule has 0 heterocycles. The summed E-state index contributed by atoms with van der Waals surface area (Å²) in [5.41, 5.74) is 4.87. The van der Waals surface area contributed by atoms with Crippen LogP contribution in [-0.4, -0.2) is 35.4 Å². The monoisotopic (exact) mass is 532 g/mol. The Balaban J connectivity index is 1.62. The molecule has 0 aliphatic heterocycles. The lowest BCUT2D eigenvalue weighted by molar-refractivity contribution is -0.143. The number of ether oxygens (including phenoxy) is 1. The van der Waals surface area contributed by atoms with Crippen molar-refractivity contribution < 1.29 is 14.3 Å². The Bertz CT molecular complexity index is 1230. The lowest BCUT2D eigenvalue weighted by Gasteiger charge is -2.32. The maximum absolute atomic E-state index is 13.8. The summed E-state index contributed by atoms with van der Waals surface area (Å²) >= 11 is 6.31. The van der Waals surface area contributed by atoms with Crippen molar-refractivity contribution in [3.63, 3.8) is 0 Å². The average Bonchev–Trinajstić information content (AvgIpc) is 3.41. The number of carbonyl (C=O) groups excluding carboxylic acids is 2. The Kier molecular flexibility index (Phi) is 9.46. The fourth-order valence-corrected chi connectivity index (χ4v) is 5.26. The molecule has 2 amide bonds. The first-order valence-electron chi connectivity index (χ1n) is 13.4. The van der Waals surface area contributed by atoms with Crippen molar-refractivity contribution in [2.45, 2.75) is 71.5 Å². The predicted molar refractivity (Wildman–Crippen MR) is 152 cm³/mol. The number of hydrogen-bond acceptors (Lipinski definition) is 3. The molecule has 1 fully saturated rings. The third-order valence-electron chi connectivity index (χ3n) is 7.18. The quantitative estimate of drug-likeness (QED) is 0.331. The number of hydrogen-bond donors (Lipinski definition) is 1. The highest BCUT2D eigenvalue weighted by Gasteiger charge is 2.32. The van der Waals surface area contributed by atoms with Crippen LogP contribution in [0.25, 0.3) is 0 Å². The van der Waals surface area contributed by atoms with Crippen LogP contribution in [0.2, 0.25) is 5.02 Å². The second-order valence-electron chi connectivity index (χ2n) is 10.4. The van der Waals surface area contributed by atoms with E-state index in [9.17, 15) is 9.59 Å². The molecule has 6 heteroatoms. The van der Waals surface area contributed by atoms with Gasteiger partial charge in [0.2, 0.25) is 5.91 Å². The van der Waals surface area contributed by atoms with Gasteiger partial charge < -0.3 is 15.0 Å². The molecule has 5 nitrogen and oxygen atoms in total. The van der Waals surface area contributed by atoms with Crippen molar-refractivity contribution in [2.75, 3.05) is 6.61 Å². The number of halogens is 1. The van der Waals surface area contributed by atoms with Gasteiger partial charge in [-0.1, -0.05) is 84.6 Å². The van der Waals surface area contributed by atoms with Gasteiger partial charge in [-0.3, -0.25) is 9.59 Å². The molecule has 1 atom stereocenters. The first-order valence-corrected chi connectivity index (χ1v) is 13.8. The Labute approximate surface area is 231 Å². The lowest BCUT2D eigenvalue weighted by atomic mass is 10.0. The molecule has 0 bridgehead atoms. The summed E-state index contributed by atoms with van der Waals surface area (Å²) in [7, 11) is 0. The van der Waals surface area contributed by atoms with Gasteiger partial charge in [0, 0.05) is 24.0 Å². The summed E-state index contributed by atoms with van der Waals surface area (Å²) in [4.78, 5) is 29.2. The zero-order chi connectivity index (χ0) is 27.1. The van der Waals surface area contributed by atoms with Crippen LogP contribution in [0.4, 0.5) is 0 Å². The largest absolute Gasteiger partial charge is 0.484 e. The lowest BCUT2D eigenvalue weighted by Crippen LogP contribution is -2.53. The second-order valence-corrected chi connectivity index (χ2v) is 10.7. The van der Waals surface area contributed by atoms with Gasteiger partial charge in [-0.15, -0.1) is 0 Å². The summed E-state index contributed by atoms with van der Waals surface area (Å²) in [6.45, 7) is 6.00. The third kappa shape index (κ3) is 7.38. The minimum Gasteiger partial charge on any atom is -0.484 e. The molecule has 0 radical (unpaired) electrons. The van der Waals surface area contributed by atoms with Crippen molar-refractivity contribution in [1.82, 2.24) is 10.2 Å². The van der Waals surface area contributed by atoms with Crippen molar-refractivity contribution >= 4 is 23.4 Å². The molecular formula is C32H37ClN2O3. The Morgan fingerprint density at radius 2 is 1.61 bits per heavy atom. The first kappa shape index (κ1) is 27.7. The molecule has 4 rings (SSSR count). The highest BCUT2D eigenvalue weighted by atomic mass is 35.5. The highest BCUT2D eigenvalue weighted by molar-refractivity contribution is 6.32. The third-order valence-corrected chi connectivity index (χ3v) is 7.78. The second kappa shape index (κ2) is 13.0. The molecule has 0 aromatic heterocycles. The maximum Gasteiger partial charge on any atom is 0.261 e. The van der Waals surface area contributed by atoms with Crippen molar-refractivity contribution in [1.29, 1.82) is 0 Å². The molecule has 3 aromatic rings. The zero-order valence-electron chi connectivity index (χ0n) is 22.5. The van der Waals surface area contributed by atoms with Crippen molar-refractivity contribution in [3.8, 4) is 5.75 Å². The number of nitrogens with one attached hydrogen (secondary N) is 1. The number of carbonyl (C=O) groups is 2. The van der Waals surface area contributed by atoms with E-state index in [0.29, 0.717) is 23.7 Å². The van der Waals surface area contributed by atoms with E-state index in [2.05, 4.69) is 11.4 Å². The van der Waals surface area contributed by atoms with E-state index in [1.807, 2.05) is 81.4 Å². The van der Waals surface area contributed by atoms with E-state index in [0.717, 1.165) is 53.5 Å². The standard InChI is InChI=1S/C32H37ClN2O3/c1-22-10-9-13-26(16-22)20-35(30(36)21-38-28-17-23(2)31(33)24(3)18-28)29(19-25-11-5-4-6-12-25)32(37)34-27-14-7-8-15-27/h4-6,9-13,16-18,27,29H,7-8,14-15,19-21H2,1-3H3,(H,34,37)/t29-/m0/s1. The molecule has 0 unspecified atom stereocenters. The SMILES string of the molecule is Cc1cccc(CN(C(=O)COc2cc(C)c(Cl)c(C)c2)[C@@H](Cc2ccccc2)C(=O)NC2CCCC2)c1. The Morgan fingerprint density at radius 3 is 2.26 bits per heavy atom. The van der Waals surface area contributed by atoms with Crippen LogP contribution >= 0.6 is 11.6 Å². The summed E-state index contributed by atoms with van der Waals surface area (Å²) in [6, 6.07) is 21.1. The van der Waals surface area contributed by atoms with E-state index >= 15 is 0 Å². The molecule has 38 heavy (non-hydrogen) atoms. The van der Waals surface area contributed by atoms with Crippen LogP contribution in [-0.2, 0) is 22.6 Å². The van der Waals surface area contributed by atoms with Gasteiger partial charge in [-0.05, 0) is 68.0 Å². The van der Waals surface area contributed by atoms with E-state index in [1.54, 1.807) is 4.90 Å².